The molecule has 0 radical (unpaired) electrons. The summed E-state index contributed by atoms with van der Waals surface area (Å²) in [4.78, 5) is 0.208. The maximum Gasteiger partial charge on any atom is 0.244 e. The van der Waals surface area contributed by atoms with Crippen molar-refractivity contribution in [3.05, 3.63) is 11.4 Å². The molecule has 0 aromatic carbocycles. The first-order valence-electron chi connectivity index (χ1n) is 5.71. The molecule has 1 unspecified atom stereocenters. The fourth-order valence-corrected chi connectivity index (χ4v) is 3.30. The minimum absolute atomic E-state index is 0.201. The molecule has 1 aliphatic rings. The average Bonchev–Trinajstić information content (AvgIpc) is 2.69. The fraction of sp³-hybridized carbons (Fsp3) is 0.700. The number of aromatic nitrogens is 2. The first-order chi connectivity index (χ1) is 8.50. The number of rotatable bonds is 4. The Morgan fingerprint density at radius 1 is 1.44 bits per heavy atom. The fourth-order valence-electron chi connectivity index (χ4n) is 1.87. The molecule has 0 aliphatic carbocycles. The van der Waals surface area contributed by atoms with Gasteiger partial charge in [0.15, 0.2) is 0 Å². The van der Waals surface area contributed by atoms with Crippen molar-refractivity contribution in [2.45, 2.75) is 24.8 Å². The van der Waals surface area contributed by atoms with Crippen molar-refractivity contribution in [2.24, 2.45) is 0 Å². The van der Waals surface area contributed by atoms with E-state index in [0.29, 0.717) is 31.2 Å². The lowest BCUT2D eigenvalue weighted by Gasteiger charge is -2.23. The summed E-state index contributed by atoms with van der Waals surface area (Å²) >= 11 is 0. The number of ether oxygens (including phenoxy) is 2. The minimum Gasteiger partial charge on any atom is -0.376 e. The van der Waals surface area contributed by atoms with Crippen LogP contribution in [0, 0.1) is 13.8 Å². The minimum atomic E-state index is -3.56. The Labute approximate surface area is 106 Å². The van der Waals surface area contributed by atoms with Gasteiger partial charge in [-0.05, 0) is 13.8 Å². The molecule has 1 fully saturated rings. The van der Waals surface area contributed by atoms with Crippen molar-refractivity contribution in [3.8, 4) is 0 Å². The van der Waals surface area contributed by atoms with E-state index < -0.39 is 10.0 Å². The number of sulfonamides is 1. The molecular formula is C10H17N3O4S. The normalized spacial score (nSPS) is 21.1. The third-order valence-corrected chi connectivity index (χ3v) is 4.40. The van der Waals surface area contributed by atoms with Gasteiger partial charge in [-0.3, -0.25) is 5.10 Å². The first kappa shape index (κ1) is 13.5. The zero-order chi connectivity index (χ0) is 13.2. The Hall–Kier alpha value is -0.960. The second-order valence-corrected chi connectivity index (χ2v) is 5.89. The van der Waals surface area contributed by atoms with Crippen molar-refractivity contribution in [1.29, 1.82) is 0 Å². The predicted molar refractivity (Wildman–Crippen MR) is 63.8 cm³/mol. The number of nitrogens with one attached hydrogen (secondary N) is 2. The summed E-state index contributed by atoms with van der Waals surface area (Å²) in [5.41, 5.74) is 0.988. The monoisotopic (exact) mass is 275 g/mol. The van der Waals surface area contributed by atoms with Crippen LogP contribution in [0.15, 0.2) is 4.90 Å². The largest absolute Gasteiger partial charge is 0.376 e. The van der Waals surface area contributed by atoms with Crippen molar-refractivity contribution in [2.75, 3.05) is 26.4 Å². The van der Waals surface area contributed by atoms with Crippen molar-refractivity contribution < 1.29 is 17.9 Å². The molecule has 0 spiro atoms. The second kappa shape index (κ2) is 5.35. The summed E-state index contributed by atoms with van der Waals surface area (Å²) in [6.07, 6.45) is -0.235. The molecule has 1 aromatic heterocycles. The summed E-state index contributed by atoms with van der Waals surface area (Å²) in [5, 5.41) is 6.53. The second-order valence-electron chi connectivity index (χ2n) is 4.18. The number of aryl methyl sites for hydroxylation is 2. The van der Waals surface area contributed by atoms with Gasteiger partial charge in [-0.1, -0.05) is 0 Å². The van der Waals surface area contributed by atoms with Crippen LogP contribution < -0.4 is 4.72 Å². The molecule has 18 heavy (non-hydrogen) atoms. The molecule has 102 valence electrons. The van der Waals surface area contributed by atoms with Crippen LogP contribution in [0.25, 0.3) is 0 Å². The van der Waals surface area contributed by atoms with Crippen LogP contribution in [-0.4, -0.2) is 51.1 Å². The van der Waals surface area contributed by atoms with Gasteiger partial charge in [0.2, 0.25) is 10.0 Å². The van der Waals surface area contributed by atoms with E-state index in [1.165, 1.54) is 0 Å². The van der Waals surface area contributed by atoms with E-state index in [-0.39, 0.29) is 17.5 Å². The average molecular weight is 275 g/mol. The van der Waals surface area contributed by atoms with Crippen molar-refractivity contribution >= 4 is 10.0 Å². The molecule has 2 N–H and O–H groups in total. The summed E-state index contributed by atoms with van der Waals surface area (Å²) in [6.45, 7) is 4.99. The lowest BCUT2D eigenvalue weighted by molar-refractivity contribution is -0.0846. The summed E-state index contributed by atoms with van der Waals surface area (Å²) in [5.74, 6) is 0. The number of hydrogen-bond acceptors (Lipinski definition) is 5. The molecule has 1 atom stereocenters. The Kier molecular flexibility index (Phi) is 4.00. The van der Waals surface area contributed by atoms with Crippen molar-refractivity contribution in [1.82, 2.24) is 14.9 Å². The molecule has 0 amide bonds. The molecule has 1 saturated heterocycles. The van der Waals surface area contributed by atoms with Crippen LogP contribution in [0.5, 0.6) is 0 Å². The van der Waals surface area contributed by atoms with E-state index in [2.05, 4.69) is 14.9 Å². The van der Waals surface area contributed by atoms with Crippen molar-refractivity contribution in [3.63, 3.8) is 0 Å². The zero-order valence-electron chi connectivity index (χ0n) is 10.4. The lowest BCUT2D eigenvalue weighted by Crippen LogP contribution is -2.39. The quantitative estimate of drug-likeness (QED) is 0.788. The van der Waals surface area contributed by atoms with Gasteiger partial charge in [0.1, 0.15) is 4.90 Å². The molecule has 2 heterocycles. The Morgan fingerprint density at radius 3 is 2.78 bits per heavy atom. The lowest BCUT2D eigenvalue weighted by atomic mass is 10.3. The van der Waals surface area contributed by atoms with Gasteiger partial charge in [0.25, 0.3) is 0 Å². The molecule has 0 bridgehead atoms. The molecule has 2 rings (SSSR count). The molecule has 7 nitrogen and oxygen atoms in total. The topological polar surface area (TPSA) is 93.3 Å². The highest BCUT2D eigenvalue weighted by Gasteiger charge is 2.24. The maximum atomic E-state index is 12.1. The van der Waals surface area contributed by atoms with E-state index in [0.717, 1.165) is 0 Å². The third-order valence-electron chi connectivity index (χ3n) is 2.72. The Morgan fingerprint density at radius 2 is 2.22 bits per heavy atom. The van der Waals surface area contributed by atoms with Gasteiger partial charge in [-0.25, -0.2) is 13.1 Å². The van der Waals surface area contributed by atoms with E-state index in [9.17, 15) is 8.42 Å². The van der Waals surface area contributed by atoms with Crippen LogP contribution in [0.4, 0.5) is 0 Å². The van der Waals surface area contributed by atoms with Gasteiger partial charge in [0, 0.05) is 6.54 Å². The van der Waals surface area contributed by atoms with E-state index in [1.54, 1.807) is 13.8 Å². The van der Waals surface area contributed by atoms with E-state index in [1.807, 2.05) is 0 Å². The number of hydrogen-bond donors (Lipinski definition) is 2. The summed E-state index contributed by atoms with van der Waals surface area (Å²) in [6, 6.07) is 0. The summed E-state index contributed by atoms with van der Waals surface area (Å²) < 4.78 is 37.3. The molecular weight excluding hydrogens is 258 g/mol. The van der Waals surface area contributed by atoms with Gasteiger partial charge in [-0.2, -0.15) is 5.10 Å². The zero-order valence-corrected chi connectivity index (χ0v) is 11.2. The van der Waals surface area contributed by atoms with Gasteiger partial charge < -0.3 is 9.47 Å². The standard InChI is InChI=1S/C10H17N3O4S/c1-7-10(8(2)13-12-7)18(14,15)11-5-9-6-16-3-4-17-9/h9,11H,3-6H2,1-2H3,(H,12,13). The van der Waals surface area contributed by atoms with Crippen LogP contribution >= 0.6 is 0 Å². The molecule has 0 saturated carbocycles. The van der Waals surface area contributed by atoms with Crippen LogP contribution in [-0.2, 0) is 19.5 Å². The van der Waals surface area contributed by atoms with E-state index >= 15 is 0 Å². The van der Waals surface area contributed by atoms with Crippen LogP contribution in [0.2, 0.25) is 0 Å². The summed E-state index contributed by atoms with van der Waals surface area (Å²) in [7, 11) is -3.56. The Bertz CT molecular complexity index is 486. The molecule has 8 heteroatoms. The highest BCUT2D eigenvalue weighted by Crippen LogP contribution is 2.16. The SMILES string of the molecule is Cc1n[nH]c(C)c1S(=O)(=O)NCC1COCCO1. The van der Waals surface area contributed by atoms with Crippen LogP contribution in [0.3, 0.4) is 0 Å². The van der Waals surface area contributed by atoms with E-state index in [4.69, 9.17) is 9.47 Å². The van der Waals surface area contributed by atoms with Gasteiger partial charge in [0.05, 0.1) is 37.3 Å². The Balaban J connectivity index is 2.03. The molecule has 1 aliphatic heterocycles. The number of aromatic amines is 1. The predicted octanol–water partition coefficient (Wildman–Crippen LogP) is -0.280. The number of H-pyrrole nitrogens is 1. The smallest absolute Gasteiger partial charge is 0.244 e. The number of nitrogens with zero attached hydrogens (tertiary/aromatic N) is 1. The molecule has 1 aromatic rings. The van der Waals surface area contributed by atoms with Crippen LogP contribution in [0.1, 0.15) is 11.4 Å². The maximum absolute atomic E-state index is 12.1. The first-order valence-corrected chi connectivity index (χ1v) is 7.19. The third kappa shape index (κ3) is 2.89. The highest BCUT2D eigenvalue weighted by molar-refractivity contribution is 7.89. The highest BCUT2D eigenvalue weighted by atomic mass is 32.2. The van der Waals surface area contributed by atoms with Gasteiger partial charge >= 0.3 is 0 Å². The van der Waals surface area contributed by atoms with Gasteiger partial charge in [-0.15, -0.1) is 0 Å².